The minimum atomic E-state index is -3.17. The summed E-state index contributed by atoms with van der Waals surface area (Å²) >= 11 is 1.60. The van der Waals surface area contributed by atoms with Gasteiger partial charge < -0.3 is 0 Å². The maximum Gasteiger partial charge on any atom is 0.175 e. The van der Waals surface area contributed by atoms with Crippen molar-refractivity contribution in [3.8, 4) is 0 Å². The number of sulfone groups is 1. The standard InChI is InChI=1S/C13H17N3O2S2/c1-9-15-11(8-19-9)7-13(16-14)10-3-5-12(6-4-10)20(2,17)18/h3-6,8,13,16H,7,14H2,1-2H3. The number of thiazole rings is 1. The van der Waals surface area contributed by atoms with Gasteiger partial charge in [0, 0.05) is 18.1 Å². The largest absolute Gasteiger partial charge is 0.271 e. The molecule has 1 heterocycles. The van der Waals surface area contributed by atoms with E-state index < -0.39 is 9.84 Å². The first kappa shape index (κ1) is 15.1. The molecule has 0 aliphatic heterocycles. The molecule has 1 aromatic heterocycles. The number of nitrogens with one attached hydrogen (secondary N) is 1. The van der Waals surface area contributed by atoms with Crippen LogP contribution in [0.2, 0.25) is 0 Å². The second-order valence-electron chi connectivity index (χ2n) is 4.62. The van der Waals surface area contributed by atoms with Gasteiger partial charge in [-0.05, 0) is 24.6 Å². The molecule has 2 rings (SSSR count). The van der Waals surface area contributed by atoms with Crippen molar-refractivity contribution in [3.63, 3.8) is 0 Å². The van der Waals surface area contributed by atoms with Crippen molar-refractivity contribution in [2.45, 2.75) is 24.3 Å². The molecular formula is C13H17N3O2S2. The van der Waals surface area contributed by atoms with Crippen molar-refractivity contribution in [1.29, 1.82) is 0 Å². The molecule has 3 N–H and O–H groups in total. The molecule has 1 atom stereocenters. The van der Waals surface area contributed by atoms with Gasteiger partial charge in [0.25, 0.3) is 0 Å². The van der Waals surface area contributed by atoms with Crippen molar-refractivity contribution in [2.75, 3.05) is 6.26 Å². The molecule has 2 aromatic rings. The van der Waals surface area contributed by atoms with E-state index in [0.29, 0.717) is 11.3 Å². The molecule has 0 aliphatic carbocycles. The molecule has 7 heteroatoms. The Labute approximate surface area is 122 Å². The zero-order valence-electron chi connectivity index (χ0n) is 11.3. The summed E-state index contributed by atoms with van der Waals surface area (Å²) in [6.07, 6.45) is 1.86. The average Bonchev–Trinajstić information content (AvgIpc) is 2.81. The summed E-state index contributed by atoms with van der Waals surface area (Å²) in [4.78, 5) is 4.71. The van der Waals surface area contributed by atoms with E-state index in [1.54, 1.807) is 35.6 Å². The van der Waals surface area contributed by atoms with E-state index in [0.717, 1.165) is 16.3 Å². The predicted octanol–water partition coefficient (Wildman–Crippen LogP) is 1.60. The van der Waals surface area contributed by atoms with Gasteiger partial charge in [0.15, 0.2) is 9.84 Å². The second-order valence-corrected chi connectivity index (χ2v) is 7.70. The third-order valence-corrected chi connectivity index (χ3v) is 4.94. The van der Waals surface area contributed by atoms with E-state index in [9.17, 15) is 8.42 Å². The number of nitrogens with zero attached hydrogens (tertiary/aromatic N) is 1. The fraction of sp³-hybridized carbons (Fsp3) is 0.308. The molecule has 0 amide bonds. The molecule has 0 spiro atoms. The van der Waals surface area contributed by atoms with Gasteiger partial charge in [-0.25, -0.2) is 13.4 Å². The third kappa shape index (κ3) is 3.63. The number of aromatic nitrogens is 1. The Morgan fingerprint density at radius 2 is 2.00 bits per heavy atom. The van der Waals surface area contributed by atoms with Crippen LogP contribution in [-0.2, 0) is 16.3 Å². The minimum absolute atomic E-state index is 0.0925. The summed E-state index contributed by atoms with van der Waals surface area (Å²) in [7, 11) is -3.17. The van der Waals surface area contributed by atoms with Gasteiger partial charge >= 0.3 is 0 Å². The Morgan fingerprint density at radius 1 is 1.35 bits per heavy atom. The van der Waals surface area contributed by atoms with Crippen LogP contribution in [0.1, 0.15) is 22.3 Å². The quantitative estimate of drug-likeness (QED) is 0.647. The summed E-state index contributed by atoms with van der Waals surface area (Å²) in [5, 5.41) is 3.02. The summed E-state index contributed by atoms with van der Waals surface area (Å²) < 4.78 is 22.9. The molecule has 0 saturated carbocycles. The van der Waals surface area contributed by atoms with Crippen molar-refractivity contribution < 1.29 is 8.42 Å². The van der Waals surface area contributed by atoms with Crippen molar-refractivity contribution in [1.82, 2.24) is 10.4 Å². The first-order valence-electron chi connectivity index (χ1n) is 6.07. The van der Waals surface area contributed by atoms with Crippen LogP contribution in [0.4, 0.5) is 0 Å². The van der Waals surface area contributed by atoms with Gasteiger partial charge in [0.1, 0.15) is 0 Å². The molecule has 1 aromatic carbocycles. The number of rotatable bonds is 5. The van der Waals surface area contributed by atoms with E-state index in [1.807, 2.05) is 12.3 Å². The van der Waals surface area contributed by atoms with E-state index >= 15 is 0 Å². The highest BCUT2D eigenvalue weighted by Gasteiger charge is 2.14. The minimum Gasteiger partial charge on any atom is -0.271 e. The van der Waals surface area contributed by atoms with Gasteiger partial charge in [-0.2, -0.15) is 0 Å². The monoisotopic (exact) mass is 311 g/mol. The smallest absolute Gasteiger partial charge is 0.175 e. The first-order valence-corrected chi connectivity index (χ1v) is 8.84. The first-order chi connectivity index (χ1) is 9.40. The van der Waals surface area contributed by atoms with Crippen LogP contribution in [0.15, 0.2) is 34.5 Å². The molecule has 20 heavy (non-hydrogen) atoms. The second kappa shape index (κ2) is 6.01. The highest BCUT2D eigenvalue weighted by Crippen LogP contribution is 2.20. The van der Waals surface area contributed by atoms with Crippen molar-refractivity contribution in [2.24, 2.45) is 5.84 Å². The van der Waals surface area contributed by atoms with E-state index in [4.69, 9.17) is 5.84 Å². The Kier molecular flexibility index (Phi) is 4.54. The van der Waals surface area contributed by atoms with Crippen LogP contribution in [0.3, 0.4) is 0 Å². The molecule has 0 bridgehead atoms. The number of hydrogen-bond acceptors (Lipinski definition) is 6. The fourth-order valence-corrected chi connectivity index (χ4v) is 3.19. The molecule has 0 radical (unpaired) electrons. The molecule has 108 valence electrons. The Morgan fingerprint density at radius 3 is 2.45 bits per heavy atom. The van der Waals surface area contributed by atoms with Crippen LogP contribution < -0.4 is 11.3 Å². The number of aryl methyl sites for hydroxylation is 1. The average molecular weight is 311 g/mol. The Balaban J connectivity index is 2.19. The van der Waals surface area contributed by atoms with Gasteiger partial charge in [0.05, 0.1) is 21.6 Å². The maximum absolute atomic E-state index is 11.4. The zero-order chi connectivity index (χ0) is 14.8. The lowest BCUT2D eigenvalue weighted by molar-refractivity contribution is 0.546. The fourth-order valence-electron chi connectivity index (χ4n) is 1.93. The van der Waals surface area contributed by atoms with Crippen LogP contribution in [-0.4, -0.2) is 19.7 Å². The number of hydrogen-bond donors (Lipinski definition) is 2. The van der Waals surface area contributed by atoms with Gasteiger partial charge in [0.2, 0.25) is 0 Å². The highest BCUT2D eigenvalue weighted by molar-refractivity contribution is 7.90. The lowest BCUT2D eigenvalue weighted by atomic mass is 10.0. The van der Waals surface area contributed by atoms with Gasteiger partial charge in [-0.1, -0.05) is 12.1 Å². The summed E-state index contributed by atoms with van der Waals surface area (Å²) in [6, 6.07) is 6.66. The summed E-state index contributed by atoms with van der Waals surface area (Å²) in [6.45, 7) is 1.96. The van der Waals surface area contributed by atoms with Gasteiger partial charge in [-0.3, -0.25) is 11.3 Å². The van der Waals surface area contributed by atoms with E-state index in [1.165, 1.54) is 6.26 Å². The Hall–Kier alpha value is -1.28. The van der Waals surface area contributed by atoms with Crippen molar-refractivity contribution in [3.05, 3.63) is 45.9 Å². The van der Waals surface area contributed by atoms with Crippen LogP contribution in [0.5, 0.6) is 0 Å². The molecule has 0 fully saturated rings. The predicted molar refractivity (Wildman–Crippen MR) is 80.2 cm³/mol. The van der Waals surface area contributed by atoms with Crippen LogP contribution >= 0.6 is 11.3 Å². The molecular weight excluding hydrogens is 294 g/mol. The normalized spacial score (nSPS) is 13.3. The highest BCUT2D eigenvalue weighted by atomic mass is 32.2. The van der Waals surface area contributed by atoms with Crippen molar-refractivity contribution >= 4 is 21.2 Å². The summed E-state index contributed by atoms with van der Waals surface area (Å²) in [5.41, 5.74) is 4.66. The number of benzene rings is 1. The third-order valence-electron chi connectivity index (χ3n) is 2.99. The molecule has 1 unspecified atom stereocenters. The van der Waals surface area contributed by atoms with Crippen LogP contribution in [0, 0.1) is 6.92 Å². The topological polar surface area (TPSA) is 85.1 Å². The van der Waals surface area contributed by atoms with E-state index in [-0.39, 0.29) is 6.04 Å². The lowest BCUT2D eigenvalue weighted by Crippen LogP contribution is -2.29. The SMILES string of the molecule is Cc1nc(CC(NN)c2ccc(S(C)(=O)=O)cc2)cs1. The van der Waals surface area contributed by atoms with E-state index in [2.05, 4.69) is 10.4 Å². The van der Waals surface area contributed by atoms with Crippen LogP contribution in [0.25, 0.3) is 0 Å². The molecule has 0 aliphatic rings. The van der Waals surface area contributed by atoms with Gasteiger partial charge in [-0.15, -0.1) is 11.3 Å². The Bertz CT molecular complexity index is 678. The number of hydrazine groups is 1. The molecule has 0 saturated heterocycles. The number of nitrogens with two attached hydrogens (primary N) is 1. The zero-order valence-corrected chi connectivity index (χ0v) is 13.0. The molecule has 5 nitrogen and oxygen atoms in total. The maximum atomic E-state index is 11.4. The summed E-state index contributed by atoms with van der Waals surface area (Å²) in [5.74, 6) is 5.59. The lowest BCUT2D eigenvalue weighted by Gasteiger charge is -2.15.